The van der Waals surface area contributed by atoms with Crippen molar-refractivity contribution in [3.63, 3.8) is 0 Å². The lowest BCUT2D eigenvalue weighted by Crippen LogP contribution is -2.12. The van der Waals surface area contributed by atoms with Crippen molar-refractivity contribution in [1.82, 2.24) is 4.98 Å². The van der Waals surface area contributed by atoms with Gasteiger partial charge in [0.15, 0.2) is 0 Å². The van der Waals surface area contributed by atoms with E-state index < -0.39 is 0 Å². The van der Waals surface area contributed by atoms with Crippen molar-refractivity contribution in [2.45, 2.75) is 26.2 Å². The second kappa shape index (κ2) is 3.99. The number of benzene rings is 1. The van der Waals surface area contributed by atoms with Crippen LogP contribution < -0.4 is 4.74 Å². The van der Waals surface area contributed by atoms with Crippen molar-refractivity contribution in [1.29, 1.82) is 0 Å². The van der Waals surface area contributed by atoms with Gasteiger partial charge in [-0.25, -0.2) is 9.37 Å². The molecule has 3 heteroatoms. The third-order valence-electron chi connectivity index (χ3n) is 2.81. The normalized spacial score (nSPS) is 11.8. The molecule has 0 saturated carbocycles. The Hall–Kier alpha value is -1.64. The smallest absolute Gasteiger partial charge is 0.221 e. The lowest BCUT2D eigenvalue weighted by atomic mass is 9.85. The van der Waals surface area contributed by atoms with Crippen LogP contribution in [0.5, 0.6) is 5.88 Å². The molecule has 2 rings (SSSR count). The summed E-state index contributed by atoms with van der Waals surface area (Å²) in [6, 6.07) is 4.69. The van der Waals surface area contributed by atoms with Crippen LogP contribution in [0.2, 0.25) is 0 Å². The van der Waals surface area contributed by atoms with Gasteiger partial charge in [-0.15, -0.1) is 0 Å². The van der Waals surface area contributed by atoms with Crippen LogP contribution in [-0.4, -0.2) is 12.1 Å². The molecule has 0 fully saturated rings. The summed E-state index contributed by atoms with van der Waals surface area (Å²) in [5.41, 5.74) is 0.943. The molecule has 0 saturated heterocycles. The number of pyridine rings is 1. The van der Waals surface area contributed by atoms with Gasteiger partial charge in [0, 0.05) is 11.6 Å². The Balaban J connectivity index is 2.84. The Bertz CT molecular complexity index is 558. The summed E-state index contributed by atoms with van der Waals surface area (Å²) in [6.45, 7) is 6.25. The highest BCUT2D eigenvalue weighted by atomic mass is 19.1. The maximum Gasteiger partial charge on any atom is 0.221 e. The molecule has 1 aromatic heterocycles. The highest BCUT2D eigenvalue weighted by molar-refractivity contribution is 5.90. The van der Waals surface area contributed by atoms with Crippen molar-refractivity contribution in [3.8, 4) is 5.88 Å². The monoisotopic (exact) mass is 233 g/mol. The topological polar surface area (TPSA) is 22.1 Å². The van der Waals surface area contributed by atoms with Crippen molar-refractivity contribution >= 4 is 10.8 Å². The molecule has 0 aliphatic heterocycles. The van der Waals surface area contributed by atoms with Crippen LogP contribution in [0.25, 0.3) is 10.8 Å². The number of methoxy groups -OCH3 is 1. The summed E-state index contributed by atoms with van der Waals surface area (Å²) < 4.78 is 18.6. The zero-order valence-corrected chi connectivity index (χ0v) is 10.5. The molecule has 0 spiro atoms. The molecule has 2 aromatic rings. The van der Waals surface area contributed by atoms with Gasteiger partial charge < -0.3 is 4.74 Å². The number of fused-ring (bicyclic) bond motifs is 1. The number of hydrogen-bond donors (Lipinski definition) is 0. The van der Waals surface area contributed by atoms with Crippen molar-refractivity contribution < 1.29 is 9.13 Å². The van der Waals surface area contributed by atoms with Crippen LogP contribution in [0.4, 0.5) is 4.39 Å². The molecule has 0 amide bonds. The predicted molar refractivity (Wildman–Crippen MR) is 67.0 cm³/mol. The zero-order valence-electron chi connectivity index (χ0n) is 10.5. The summed E-state index contributed by atoms with van der Waals surface area (Å²) >= 11 is 0. The van der Waals surface area contributed by atoms with E-state index >= 15 is 0 Å². The van der Waals surface area contributed by atoms with E-state index in [1.165, 1.54) is 6.07 Å². The standard InChI is InChI=1S/C14H16FNO/c1-14(2,3)12-8-16-13(17-4)10-6-5-9(15)7-11(10)12/h5-8H,1-4H3. The Morgan fingerprint density at radius 3 is 2.47 bits per heavy atom. The van der Waals surface area contributed by atoms with Crippen LogP contribution in [0, 0.1) is 5.82 Å². The van der Waals surface area contributed by atoms with Crippen LogP contribution in [0.1, 0.15) is 26.3 Å². The Morgan fingerprint density at radius 2 is 1.88 bits per heavy atom. The maximum atomic E-state index is 13.4. The molecule has 0 N–H and O–H groups in total. The van der Waals surface area contributed by atoms with E-state index in [0.29, 0.717) is 5.88 Å². The minimum atomic E-state index is -0.240. The van der Waals surface area contributed by atoms with Crippen molar-refractivity contribution in [2.24, 2.45) is 0 Å². The summed E-state index contributed by atoms with van der Waals surface area (Å²) in [4.78, 5) is 4.28. The van der Waals surface area contributed by atoms with E-state index in [9.17, 15) is 4.39 Å². The first-order valence-electron chi connectivity index (χ1n) is 5.56. The third kappa shape index (κ3) is 2.09. The highest BCUT2D eigenvalue weighted by Crippen LogP contribution is 2.33. The predicted octanol–water partition coefficient (Wildman–Crippen LogP) is 3.68. The first kappa shape index (κ1) is 11.8. The largest absolute Gasteiger partial charge is 0.481 e. The molecule has 0 aliphatic rings. The molecule has 0 unspecified atom stereocenters. The van der Waals surface area contributed by atoms with E-state index in [0.717, 1.165) is 16.3 Å². The van der Waals surface area contributed by atoms with Crippen LogP contribution in [0.15, 0.2) is 24.4 Å². The average Bonchev–Trinajstić information content (AvgIpc) is 2.25. The minimum Gasteiger partial charge on any atom is -0.481 e. The van der Waals surface area contributed by atoms with E-state index in [1.54, 1.807) is 25.4 Å². The number of hydrogen-bond acceptors (Lipinski definition) is 2. The SMILES string of the molecule is COc1ncc(C(C)(C)C)c2cc(F)ccc12. The van der Waals surface area contributed by atoms with Gasteiger partial charge in [0.25, 0.3) is 0 Å². The van der Waals surface area contributed by atoms with Gasteiger partial charge in [-0.2, -0.15) is 0 Å². The van der Waals surface area contributed by atoms with Gasteiger partial charge in [0.2, 0.25) is 5.88 Å². The maximum absolute atomic E-state index is 13.4. The highest BCUT2D eigenvalue weighted by Gasteiger charge is 2.19. The molecule has 0 radical (unpaired) electrons. The minimum absolute atomic E-state index is 0.0781. The Morgan fingerprint density at radius 1 is 1.18 bits per heavy atom. The lowest BCUT2D eigenvalue weighted by molar-refractivity contribution is 0.402. The first-order chi connectivity index (χ1) is 7.93. The number of ether oxygens (including phenoxy) is 1. The van der Waals surface area contributed by atoms with Crippen molar-refractivity contribution in [2.75, 3.05) is 7.11 Å². The number of nitrogens with zero attached hydrogens (tertiary/aromatic N) is 1. The van der Waals surface area contributed by atoms with Crippen LogP contribution in [-0.2, 0) is 5.41 Å². The van der Waals surface area contributed by atoms with E-state index in [2.05, 4.69) is 25.8 Å². The van der Waals surface area contributed by atoms with E-state index in [4.69, 9.17) is 4.74 Å². The quantitative estimate of drug-likeness (QED) is 0.749. The van der Waals surface area contributed by atoms with Gasteiger partial charge in [0.05, 0.1) is 7.11 Å². The third-order valence-corrected chi connectivity index (χ3v) is 2.81. The number of aromatic nitrogens is 1. The second-order valence-corrected chi connectivity index (χ2v) is 5.12. The fourth-order valence-corrected chi connectivity index (χ4v) is 1.95. The average molecular weight is 233 g/mol. The number of rotatable bonds is 1. The van der Waals surface area contributed by atoms with E-state index in [1.807, 2.05) is 0 Å². The molecule has 90 valence electrons. The summed E-state index contributed by atoms with van der Waals surface area (Å²) in [6.07, 6.45) is 1.76. The number of halogens is 1. The molecule has 0 bridgehead atoms. The Kier molecular flexibility index (Phi) is 2.77. The molecule has 0 aliphatic carbocycles. The van der Waals surface area contributed by atoms with E-state index in [-0.39, 0.29) is 11.2 Å². The van der Waals surface area contributed by atoms with Gasteiger partial charge in [-0.3, -0.25) is 0 Å². The molecule has 0 atom stereocenters. The van der Waals surface area contributed by atoms with Gasteiger partial charge in [-0.1, -0.05) is 20.8 Å². The lowest BCUT2D eigenvalue weighted by Gasteiger charge is -2.21. The molecule has 1 heterocycles. The fraction of sp³-hybridized carbons (Fsp3) is 0.357. The molecule has 2 nitrogen and oxygen atoms in total. The summed E-state index contributed by atoms with van der Waals surface area (Å²) in [7, 11) is 1.57. The van der Waals surface area contributed by atoms with Crippen LogP contribution >= 0.6 is 0 Å². The molecular formula is C14H16FNO. The zero-order chi connectivity index (χ0) is 12.6. The fourth-order valence-electron chi connectivity index (χ4n) is 1.95. The van der Waals surface area contributed by atoms with Crippen molar-refractivity contribution in [3.05, 3.63) is 35.8 Å². The molecule has 17 heavy (non-hydrogen) atoms. The van der Waals surface area contributed by atoms with Gasteiger partial charge >= 0.3 is 0 Å². The summed E-state index contributed by atoms with van der Waals surface area (Å²) in [5, 5.41) is 1.71. The first-order valence-corrected chi connectivity index (χ1v) is 5.56. The Labute approximate surface area is 100 Å². The van der Waals surface area contributed by atoms with Crippen LogP contribution in [0.3, 0.4) is 0 Å². The second-order valence-electron chi connectivity index (χ2n) is 5.12. The molecular weight excluding hydrogens is 217 g/mol. The molecule has 1 aromatic carbocycles. The van der Waals surface area contributed by atoms with Gasteiger partial charge in [-0.05, 0) is 34.6 Å². The summed E-state index contributed by atoms with van der Waals surface area (Å²) in [5.74, 6) is 0.296. The van der Waals surface area contributed by atoms with Gasteiger partial charge in [0.1, 0.15) is 5.82 Å².